The average Bonchev–Trinajstić information content (AvgIpc) is 3.22. The second kappa shape index (κ2) is 11.4. The molecule has 1 saturated heterocycles. The van der Waals surface area contributed by atoms with Crippen LogP contribution in [0.25, 0.3) is 0 Å². The van der Waals surface area contributed by atoms with Crippen molar-refractivity contribution in [2.45, 2.75) is 19.9 Å². The lowest BCUT2D eigenvalue weighted by Gasteiger charge is -2.41. The summed E-state index contributed by atoms with van der Waals surface area (Å²) in [6.45, 7) is 7.56. The van der Waals surface area contributed by atoms with E-state index >= 15 is 0 Å². The van der Waals surface area contributed by atoms with Gasteiger partial charge in [-0.3, -0.25) is 9.69 Å². The molecule has 4 aromatic rings. The van der Waals surface area contributed by atoms with E-state index in [4.69, 9.17) is 4.74 Å². The minimum Gasteiger partial charge on any atom is -0.497 e. The van der Waals surface area contributed by atoms with Crippen LogP contribution >= 0.6 is 11.3 Å². The molecule has 1 amide bonds. The Kier molecular flexibility index (Phi) is 7.77. The van der Waals surface area contributed by atoms with Crippen LogP contribution < -0.4 is 15.0 Å². The SMILES string of the molecule is COc1ccc([C@@H](c2c(NC(=O)c3ccccc3)sc(C)c2C)N2CCN(c3ccc(F)cc3)CC2)cc1. The van der Waals surface area contributed by atoms with E-state index in [-0.39, 0.29) is 17.8 Å². The number of amides is 1. The number of aryl methyl sites for hydroxylation is 1. The first kappa shape index (κ1) is 25.9. The van der Waals surface area contributed by atoms with Crippen molar-refractivity contribution in [2.24, 2.45) is 0 Å². The lowest BCUT2D eigenvalue weighted by Crippen LogP contribution is -2.48. The van der Waals surface area contributed by atoms with Crippen LogP contribution in [0.2, 0.25) is 0 Å². The number of methoxy groups -OCH3 is 1. The molecule has 1 aromatic heterocycles. The minimum atomic E-state index is -0.222. The molecule has 1 fully saturated rings. The monoisotopic (exact) mass is 529 g/mol. The topological polar surface area (TPSA) is 44.8 Å². The highest BCUT2D eigenvalue weighted by Gasteiger charge is 2.32. The lowest BCUT2D eigenvalue weighted by molar-refractivity contribution is 0.102. The van der Waals surface area contributed by atoms with Crippen molar-refractivity contribution in [3.63, 3.8) is 0 Å². The molecule has 1 N–H and O–H groups in total. The first-order valence-electron chi connectivity index (χ1n) is 12.8. The number of carbonyl (C=O) groups is 1. The standard InChI is InChI=1S/C31H32FN3O2S/c1-21-22(2)38-31(33-30(36)24-7-5-4-6-8-24)28(21)29(23-9-15-27(37-3)16-10-23)35-19-17-34(18-20-35)26-13-11-25(32)12-14-26/h4-16,29H,17-20H2,1-3H3,(H,33,36)/t29-/m0/s1. The maximum absolute atomic E-state index is 13.5. The van der Waals surface area contributed by atoms with E-state index in [1.54, 1.807) is 18.4 Å². The van der Waals surface area contributed by atoms with Gasteiger partial charge in [-0.1, -0.05) is 30.3 Å². The first-order chi connectivity index (χ1) is 18.4. The Balaban J connectivity index is 1.48. The van der Waals surface area contributed by atoms with Crippen LogP contribution in [0.1, 0.15) is 38.0 Å². The number of rotatable bonds is 7. The summed E-state index contributed by atoms with van der Waals surface area (Å²) >= 11 is 1.63. The first-order valence-corrected chi connectivity index (χ1v) is 13.6. The second-order valence-electron chi connectivity index (χ2n) is 9.52. The number of thiophene rings is 1. The zero-order valence-electron chi connectivity index (χ0n) is 21.9. The third-order valence-corrected chi connectivity index (χ3v) is 8.41. The maximum Gasteiger partial charge on any atom is 0.256 e. The Morgan fingerprint density at radius 3 is 2.21 bits per heavy atom. The quantitative estimate of drug-likeness (QED) is 0.290. The Morgan fingerprint density at radius 2 is 1.58 bits per heavy atom. The van der Waals surface area contributed by atoms with E-state index in [2.05, 4.69) is 41.1 Å². The van der Waals surface area contributed by atoms with Crippen LogP contribution in [0, 0.1) is 19.7 Å². The van der Waals surface area contributed by atoms with E-state index < -0.39 is 0 Å². The van der Waals surface area contributed by atoms with Gasteiger partial charge in [0.2, 0.25) is 0 Å². The molecule has 1 atom stereocenters. The van der Waals surface area contributed by atoms with Crippen molar-refractivity contribution in [1.29, 1.82) is 0 Å². The Labute approximate surface area is 227 Å². The van der Waals surface area contributed by atoms with Gasteiger partial charge in [0, 0.05) is 47.9 Å². The summed E-state index contributed by atoms with van der Waals surface area (Å²) < 4.78 is 18.9. The summed E-state index contributed by atoms with van der Waals surface area (Å²) in [5.41, 5.74) is 5.15. The summed E-state index contributed by atoms with van der Waals surface area (Å²) in [5.74, 6) is 0.479. The third-order valence-electron chi connectivity index (χ3n) is 7.27. The number of ether oxygens (including phenoxy) is 1. The molecule has 0 bridgehead atoms. The predicted molar refractivity (Wildman–Crippen MR) is 153 cm³/mol. The highest BCUT2D eigenvalue weighted by Crippen LogP contribution is 2.43. The molecule has 2 heterocycles. The number of halogens is 1. The van der Waals surface area contributed by atoms with E-state index in [9.17, 15) is 9.18 Å². The molecule has 0 aliphatic carbocycles. The van der Waals surface area contributed by atoms with Crippen LogP contribution in [-0.4, -0.2) is 44.1 Å². The van der Waals surface area contributed by atoms with Gasteiger partial charge in [0.25, 0.3) is 5.91 Å². The van der Waals surface area contributed by atoms with E-state index in [1.807, 2.05) is 54.6 Å². The smallest absolute Gasteiger partial charge is 0.256 e. The summed E-state index contributed by atoms with van der Waals surface area (Å²) in [6, 6.07) is 24.2. The summed E-state index contributed by atoms with van der Waals surface area (Å²) in [6.07, 6.45) is 0. The van der Waals surface area contributed by atoms with Crippen molar-refractivity contribution in [1.82, 2.24) is 4.90 Å². The lowest BCUT2D eigenvalue weighted by atomic mass is 9.94. The number of piperazine rings is 1. The highest BCUT2D eigenvalue weighted by atomic mass is 32.1. The fourth-order valence-corrected chi connectivity index (χ4v) is 6.16. The third kappa shape index (κ3) is 5.44. The van der Waals surface area contributed by atoms with Gasteiger partial charge in [-0.05, 0) is 73.5 Å². The number of benzene rings is 3. The molecular weight excluding hydrogens is 497 g/mol. The molecule has 1 aliphatic heterocycles. The Morgan fingerprint density at radius 1 is 0.921 bits per heavy atom. The normalized spacial score (nSPS) is 14.8. The number of hydrogen-bond acceptors (Lipinski definition) is 5. The summed E-state index contributed by atoms with van der Waals surface area (Å²) in [7, 11) is 1.67. The van der Waals surface area contributed by atoms with Crippen molar-refractivity contribution in [2.75, 3.05) is 43.5 Å². The zero-order chi connectivity index (χ0) is 26.6. The molecule has 5 nitrogen and oxygen atoms in total. The Bertz CT molecular complexity index is 1380. The van der Waals surface area contributed by atoms with Crippen molar-refractivity contribution in [3.05, 3.63) is 112 Å². The molecule has 7 heteroatoms. The molecule has 1 aliphatic rings. The van der Waals surface area contributed by atoms with Crippen LogP contribution in [0.15, 0.2) is 78.9 Å². The number of carbonyl (C=O) groups excluding carboxylic acids is 1. The molecule has 0 unspecified atom stereocenters. The van der Waals surface area contributed by atoms with Gasteiger partial charge in [-0.2, -0.15) is 0 Å². The van der Waals surface area contributed by atoms with Crippen LogP contribution in [0.5, 0.6) is 5.75 Å². The van der Waals surface area contributed by atoms with Crippen LogP contribution in [0.4, 0.5) is 15.1 Å². The molecule has 5 rings (SSSR count). The molecule has 0 radical (unpaired) electrons. The second-order valence-corrected chi connectivity index (χ2v) is 10.7. The van der Waals surface area contributed by atoms with Gasteiger partial charge in [0.05, 0.1) is 13.2 Å². The van der Waals surface area contributed by atoms with Gasteiger partial charge in [-0.15, -0.1) is 11.3 Å². The number of nitrogens with one attached hydrogen (secondary N) is 1. The highest BCUT2D eigenvalue weighted by molar-refractivity contribution is 7.16. The fraction of sp³-hybridized carbons (Fsp3) is 0.258. The van der Waals surface area contributed by atoms with Gasteiger partial charge in [0.15, 0.2) is 0 Å². The number of anilines is 2. The summed E-state index contributed by atoms with van der Waals surface area (Å²) in [4.78, 5) is 19.1. The van der Waals surface area contributed by atoms with Crippen LogP contribution in [0.3, 0.4) is 0 Å². The largest absolute Gasteiger partial charge is 0.497 e. The predicted octanol–water partition coefficient (Wildman–Crippen LogP) is 6.68. The number of nitrogens with zero attached hydrogens (tertiary/aromatic N) is 2. The maximum atomic E-state index is 13.5. The molecule has 38 heavy (non-hydrogen) atoms. The van der Waals surface area contributed by atoms with Crippen LogP contribution in [-0.2, 0) is 0 Å². The fourth-order valence-electron chi connectivity index (χ4n) is 5.07. The summed E-state index contributed by atoms with van der Waals surface area (Å²) in [5, 5.41) is 4.11. The zero-order valence-corrected chi connectivity index (χ0v) is 22.7. The minimum absolute atomic E-state index is 0.0349. The van der Waals surface area contributed by atoms with E-state index in [1.165, 1.54) is 22.6 Å². The molecular formula is C31H32FN3O2S. The average molecular weight is 530 g/mol. The van der Waals surface area contributed by atoms with Crippen molar-refractivity contribution < 1.29 is 13.9 Å². The van der Waals surface area contributed by atoms with E-state index in [0.717, 1.165) is 53.7 Å². The number of hydrogen-bond donors (Lipinski definition) is 1. The van der Waals surface area contributed by atoms with Gasteiger partial charge < -0.3 is 15.0 Å². The van der Waals surface area contributed by atoms with Gasteiger partial charge in [-0.25, -0.2) is 4.39 Å². The Hall–Kier alpha value is -3.68. The molecule has 0 spiro atoms. The molecule has 196 valence electrons. The van der Waals surface area contributed by atoms with Crippen molar-refractivity contribution in [3.8, 4) is 5.75 Å². The van der Waals surface area contributed by atoms with Crippen molar-refractivity contribution >= 4 is 27.9 Å². The van der Waals surface area contributed by atoms with E-state index in [0.29, 0.717) is 5.56 Å². The van der Waals surface area contributed by atoms with Gasteiger partial charge in [0.1, 0.15) is 16.6 Å². The molecule has 0 saturated carbocycles. The molecule has 3 aromatic carbocycles. The van der Waals surface area contributed by atoms with Gasteiger partial charge >= 0.3 is 0 Å².